The number of nitrogens with zero attached hydrogens (tertiary/aromatic N) is 4. The minimum atomic E-state index is -0.135. The Morgan fingerprint density at radius 2 is 1.96 bits per heavy atom. The van der Waals surface area contributed by atoms with E-state index in [0.717, 1.165) is 37.9 Å². The molecule has 2 rings (SSSR count). The van der Waals surface area contributed by atoms with Crippen molar-refractivity contribution < 1.29 is 4.52 Å². The zero-order valence-corrected chi connectivity index (χ0v) is 19.9. The fourth-order valence-electron chi connectivity index (χ4n) is 2.91. The van der Waals surface area contributed by atoms with Crippen molar-refractivity contribution in [3.8, 4) is 0 Å². The Labute approximate surface area is 181 Å². The van der Waals surface area contributed by atoms with Gasteiger partial charge in [0, 0.05) is 18.5 Å². The number of rotatable bonds is 7. The molecule has 156 valence electrons. The molecule has 1 aromatic rings. The Hall–Kier alpha value is -0.900. The molecule has 0 aliphatic carbocycles. The number of halogens is 1. The quantitative estimate of drug-likeness (QED) is 0.264. The Morgan fingerprint density at radius 3 is 2.56 bits per heavy atom. The van der Waals surface area contributed by atoms with Crippen LogP contribution in [0.3, 0.4) is 0 Å². The van der Waals surface area contributed by atoms with E-state index in [1.54, 1.807) is 0 Å². The molecule has 1 fully saturated rings. The number of aromatic nitrogens is 2. The lowest BCUT2D eigenvalue weighted by Gasteiger charge is -2.30. The highest BCUT2D eigenvalue weighted by Gasteiger charge is 2.21. The summed E-state index contributed by atoms with van der Waals surface area (Å²) in [6, 6.07) is 0. The predicted molar refractivity (Wildman–Crippen MR) is 121 cm³/mol. The highest BCUT2D eigenvalue weighted by atomic mass is 127. The summed E-state index contributed by atoms with van der Waals surface area (Å²) in [5, 5.41) is 10.7. The van der Waals surface area contributed by atoms with Gasteiger partial charge >= 0.3 is 0 Å². The zero-order chi connectivity index (χ0) is 19.0. The van der Waals surface area contributed by atoms with E-state index >= 15 is 0 Å². The van der Waals surface area contributed by atoms with E-state index in [4.69, 9.17) is 4.52 Å². The molecule has 0 saturated carbocycles. The number of hydrogen-bond acceptors (Lipinski definition) is 5. The van der Waals surface area contributed by atoms with E-state index in [9.17, 15) is 0 Å². The summed E-state index contributed by atoms with van der Waals surface area (Å²) in [4.78, 5) is 11.6. The molecule has 1 aliphatic rings. The minimum Gasteiger partial charge on any atom is -0.357 e. The maximum absolute atomic E-state index is 5.32. The molecule has 0 amide bonds. The van der Waals surface area contributed by atoms with E-state index < -0.39 is 0 Å². The van der Waals surface area contributed by atoms with Gasteiger partial charge in [-0.15, -0.1) is 24.0 Å². The summed E-state index contributed by atoms with van der Waals surface area (Å²) >= 11 is 0. The SMILES string of the molecule is CCNC(=NCc1noc(C(C)(C)C)n1)NCCCN1CCC(C)CC1.I. The monoisotopic (exact) mass is 492 g/mol. The van der Waals surface area contributed by atoms with E-state index in [1.807, 2.05) is 0 Å². The number of piperidine rings is 1. The standard InChI is InChI=1S/C19H36N6O.HI/c1-6-20-18(21-10-7-11-25-12-8-15(2)9-13-25)22-14-16-23-17(26-24-16)19(3,4)5;/h15H,6-14H2,1-5H3,(H2,20,21,22);1H. The molecule has 0 aromatic carbocycles. The Morgan fingerprint density at radius 1 is 1.26 bits per heavy atom. The van der Waals surface area contributed by atoms with Crippen LogP contribution >= 0.6 is 24.0 Å². The Balaban J connectivity index is 0.00000364. The molecule has 1 aliphatic heterocycles. The highest BCUT2D eigenvalue weighted by Crippen LogP contribution is 2.19. The van der Waals surface area contributed by atoms with Gasteiger partial charge in [-0.2, -0.15) is 4.98 Å². The number of likely N-dealkylation sites (tertiary alicyclic amines) is 1. The molecule has 2 heterocycles. The number of hydrogen-bond donors (Lipinski definition) is 2. The van der Waals surface area contributed by atoms with Crippen molar-refractivity contribution in [2.24, 2.45) is 10.9 Å². The van der Waals surface area contributed by atoms with Crippen molar-refractivity contribution >= 4 is 29.9 Å². The minimum absolute atomic E-state index is 0. The van der Waals surface area contributed by atoms with Crippen LogP contribution in [0.15, 0.2) is 9.52 Å². The molecule has 0 spiro atoms. The first-order valence-electron chi connectivity index (χ1n) is 9.96. The molecule has 0 radical (unpaired) electrons. The second-order valence-corrected chi connectivity index (χ2v) is 8.27. The third-order valence-electron chi connectivity index (χ3n) is 4.65. The fraction of sp³-hybridized carbons (Fsp3) is 0.842. The van der Waals surface area contributed by atoms with Gasteiger partial charge in [-0.25, -0.2) is 4.99 Å². The van der Waals surface area contributed by atoms with Gasteiger partial charge < -0.3 is 20.1 Å². The van der Waals surface area contributed by atoms with Gasteiger partial charge in [0.25, 0.3) is 0 Å². The molecular formula is C19H37IN6O. The summed E-state index contributed by atoms with van der Waals surface area (Å²) in [7, 11) is 0. The van der Waals surface area contributed by atoms with Crippen LogP contribution in [-0.4, -0.2) is 53.7 Å². The van der Waals surface area contributed by atoms with Crippen LogP contribution in [0.25, 0.3) is 0 Å². The van der Waals surface area contributed by atoms with Gasteiger partial charge in [0.05, 0.1) is 0 Å². The molecule has 8 heteroatoms. The molecular weight excluding hydrogens is 455 g/mol. The smallest absolute Gasteiger partial charge is 0.232 e. The Kier molecular flexibility index (Phi) is 10.6. The number of aliphatic imine (C=N–C) groups is 1. The number of nitrogens with one attached hydrogen (secondary N) is 2. The molecule has 1 saturated heterocycles. The first-order valence-corrected chi connectivity index (χ1v) is 9.96. The lowest BCUT2D eigenvalue weighted by Crippen LogP contribution is -2.39. The molecule has 1 aromatic heterocycles. The largest absolute Gasteiger partial charge is 0.357 e. The summed E-state index contributed by atoms with van der Waals surface area (Å²) in [5.41, 5.74) is -0.135. The van der Waals surface area contributed by atoms with Crippen LogP contribution in [-0.2, 0) is 12.0 Å². The predicted octanol–water partition coefficient (Wildman–Crippen LogP) is 3.16. The summed E-state index contributed by atoms with van der Waals surface area (Å²) in [5.74, 6) is 2.97. The van der Waals surface area contributed by atoms with Gasteiger partial charge in [0.15, 0.2) is 11.8 Å². The lowest BCUT2D eigenvalue weighted by atomic mass is 9.97. The summed E-state index contributed by atoms with van der Waals surface area (Å²) in [6.07, 6.45) is 3.78. The maximum atomic E-state index is 5.32. The zero-order valence-electron chi connectivity index (χ0n) is 17.5. The average Bonchev–Trinajstić information content (AvgIpc) is 3.07. The first kappa shape index (κ1) is 24.1. The topological polar surface area (TPSA) is 78.6 Å². The van der Waals surface area contributed by atoms with Crippen molar-refractivity contribution in [2.45, 2.75) is 65.8 Å². The maximum Gasteiger partial charge on any atom is 0.232 e. The van der Waals surface area contributed by atoms with E-state index in [-0.39, 0.29) is 29.4 Å². The molecule has 2 N–H and O–H groups in total. The van der Waals surface area contributed by atoms with Gasteiger partial charge in [0.1, 0.15) is 6.54 Å². The lowest BCUT2D eigenvalue weighted by molar-refractivity contribution is 0.191. The molecule has 7 nitrogen and oxygen atoms in total. The fourth-order valence-corrected chi connectivity index (χ4v) is 2.91. The first-order chi connectivity index (χ1) is 12.4. The third-order valence-corrected chi connectivity index (χ3v) is 4.65. The van der Waals surface area contributed by atoms with Crippen LogP contribution in [0.4, 0.5) is 0 Å². The molecule has 0 atom stereocenters. The second kappa shape index (κ2) is 11.8. The van der Waals surface area contributed by atoms with Crippen molar-refractivity contribution in [1.29, 1.82) is 0 Å². The normalized spacial score (nSPS) is 16.9. The van der Waals surface area contributed by atoms with Gasteiger partial charge in [-0.05, 0) is 51.7 Å². The van der Waals surface area contributed by atoms with E-state index in [2.05, 4.69) is 65.3 Å². The van der Waals surface area contributed by atoms with Gasteiger partial charge in [-0.1, -0.05) is 32.9 Å². The van der Waals surface area contributed by atoms with Crippen molar-refractivity contribution in [3.05, 3.63) is 11.7 Å². The van der Waals surface area contributed by atoms with Crippen LogP contribution < -0.4 is 10.6 Å². The highest BCUT2D eigenvalue weighted by molar-refractivity contribution is 14.0. The van der Waals surface area contributed by atoms with Gasteiger partial charge in [0.2, 0.25) is 5.89 Å². The molecule has 0 unspecified atom stereocenters. The second-order valence-electron chi connectivity index (χ2n) is 8.27. The van der Waals surface area contributed by atoms with Crippen molar-refractivity contribution in [2.75, 3.05) is 32.7 Å². The molecule has 0 bridgehead atoms. The third kappa shape index (κ3) is 8.76. The van der Waals surface area contributed by atoms with E-state index in [1.165, 1.54) is 25.9 Å². The Bertz CT molecular complexity index is 561. The van der Waals surface area contributed by atoms with Gasteiger partial charge in [-0.3, -0.25) is 0 Å². The van der Waals surface area contributed by atoms with Crippen LogP contribution in [0.1, 0.15) is 65.6 Å². The van der Waals surface area contributed by atoms with Crippen molar-refractivity contribution in [1.82, 2.24) is 25.7 Å². The number of guanidine groups is 1. The van der Waals surface area contributed by atoms with Crippen LogP contribution in [0.2, 0.25) is 0 Å². The molecule has 27 heavy (non-hydrogen) atoms. The van der Waals surface area contributed by atoms with E-state index in [0.29, 0.717) is 18.3 Å². The van der Waals surface area contributed by atoms with Crippen LogP contribution in [0, 0.1) is 5.92 Å². The average molecular weight is 492 g/mol. The summed E-state index contributed by atoms with van der Waals surface area (Å²) < 4.78 is 5.32. The summed E-state index contributed by atoms with van der Waals surface area (Å²) in [6.45, 7) is 16.4. The van der Waals surface area contributed by atoms with Crippen molar-refractivity contribution in [3.63, 3.8) is 0 Å². The van der Waals surface area contributed by atoms with Crippen LogP contribution in [0.5, 0.6) is 0 Å².